The van der Waals surface area contributed by atoms with E-state index in [9.17, 15) is 0 Å². The van der Waals surface area contributed by atoms with Crippen LogP contribution in [0.2, 0.25) is 0 Å². The van der Waals surface area contributed by atoms with Crippen molar-refractivity contribution < 1.29 is 0 Å². The van der Waals surface area contributed by atoms with E-state index in [1.807, 2.05) is 0 Å². The van der Waals surface area contributed by atoms with Crippen molar-refractivity contribution in [1.29, 1.82) is 0 Å². The van der Waals surface area contributed by atoms with E-state index >= 15 is 0 Å². The Balaban J connectivity index is 1.91. The lowest BCUT2D eigenvalue weighted by Crippen LogP contribution is -2.44. The van der Waals surface area contributed by atoms with Gasteiger partial charge in [0.05, 0.1) is 0 Å². The molecule has 2 nitrogen and oxygen atoms in total. The molecular weight excluding hydrogens is 148 g/mol. The van der Waals surface area contributed by atoms with Crippen molar-refractivity contribution in [2.75, 3.05) is 14.1 Å². The van der Waals surface area contributed by atoms with Gasteiger partial charge in [0.2, 0.25) is 0 Å². The van der Waals surface area contributed by atoms with Crippen LogP contribution in [0.4, 0.5) is 0 Å². The van der Waals surface area contributed by atoms with E-state index < -0.39 is 0 Å². The first-order valence-electron chi connectivity index (χ1n) is 5.22. The molecule has 2 rings (SSSR count). The van der Waals surface area contributed by atoms with E-state index in [0.29, 0.717) is 0 Å². The highest BCUT2D eigenvalue weighted by molar-refractivity contribution is 4.94. The molecule has 2 aliphatic carbocycles. The van der Waals surface area contributed by atoms with Gasteiger partial charge in [-0.05, 0) is 39.8 Å². The second kappa shape index (κ2) is 3.35. The zero-order valence-electron chi connectivity index (χ0n) is 8.21. The van der Waals surface area contributed by atoms with E-state index in [1.54, 1.807) is 0 Å². The third-order valence-corrected chi connectivity index (χ3v) is 3.50. The monoisotopic (exact) mass is 168 g/mol. The average Bonchev–Trinajstić information content (AvgIpc) is 2.82. The maximum atomic E-state index is 3.44. The van der Waals surface area contributed by atoms with Gasteiger partial charge >= 0.3 is 0 Å². The number of hydrogen-bond donors (Lipinski definition) is 1. The Morgan fingerprint density at radius 1 is 1.17 bits per heavy atom. The van der Waals surface area contributed by atoms with Crippen LogP contribution in [-0.2, 0) is 0 Å². The Kier molecular flexibility index (Phi) is 2.37. The first kappa shape index (κ1) is 8.52. The van der Waals surface area contributed by atoms with Gasteiger partial charge in [0.25, 0.3) is 0 Å². The Bertz CT molecular complexity index is 154. The van der Waals surface area contributed by atoms with Gasteiger partial charge in [-0.1, -0.05) is 6.42 Å². The molecule has 2 fully saturated rings. The third kappa shape index (κ3) is 1.50. The lowest BCUT2D eigenvalue weighted by molar-refractivity contribution is 0.207. The molecule has 2 atom stereocenters. The highest BCUT2D eigenvalue weighted by Gasteiger charge is 2.36. The number of nitrogens with one attached hydrogen (secondary N) is 1. The Hall–Kier alpha value is -0.0800. The molecule has 1 N–H and O–H groups in total. The fourth-order valence-electron chi connectivity index (χ4n) is 2.52. The molecule has 0 bridgehead atoms. The highest BCUT2D eigenvalue weighted by Crippen LogP contribution is 2.32. The summed E-state index contributed by atoms with van der Waals surface area (Å²) >= 11 is 0. The summed E-state index contributed by atoms with van der Waals surface area (Å²) in [4.78, 5) is 2.61. The van der Waals surface area contributed by atoms with E-state index in [4.69, 9.17) is 0 Å². The number of nitrogens with zero attached hydrogens (tertiary/aromatic N) is 1. The minimum Gasteiger partial charge on any atom is -0.315 e. The summed E-state index contributed by atoms with van der Waals surface area (Å²) in [5, 5.41) is 3.44. The second-order valence-electron chi connectivity index (χ2n) is 4.29. The summed E-state index contributed by atoms with van der Waals surface area (Å²) in [6.07, 6.45) is 7.05. The Morgan fingerprint density at radius 3 is 2.50 bits per heavy atom. The Morgan fingerprint density at radius 2 is 1.92 bits per heavy atom. The molecule has 2 heteroatoms. The van der Waals surface area contributed by atoms with E-state index in [2.05, 4.69) is 24.3 Å². The topological polar surface area (TPSA) is 15.3 Å². The van der Waals surface area contributed by atoms with Gasteiger partial charge in [-0.2, -0.15) is 0 Å². The van der Waals surface area contributed by atoms with E-state index in [1.165, 1.54) is 32.1 Å². The van der Waals surface area contributed by atoms with Gasteiger partial charge in [0.15, 0.2) is 0 Å². The van der Waals surface area contributed by atoms with Crippen molar-refractivity contribution >= 4 is 0 Å². The van der Waals surface area contributed by atoms with Gasteiger partial charge in [-0.15, -0.1) is 0 Å². The molecule has 2 aliphatic rings. The maximum Gasteiger partial charge on any atom is 0.0249 e. The first-order valence-corrected chi connectivity index (χ1v) is 5.22. The summed E-state index contributed by atoms with van der Waals surface area (Å²) < 4.78 is 0. The predicted molar refractivity (Wildman–Crippen MR) is 51.3 cm³/mol. The largest absolute Gasteiger partial charge is 0.315 e. The van der Waals surface area contributed by atoms with Gasteiger partial charge in [-0.25, -0.2) is 0 Å². The van der Waals surface area contributed by atoms with Crippen LogP contribution in [0.15, 0.2) is 0 Å². The lowest BCUT2D eigenvalue weighted by Gasteiger charge is -2.29. The quantitative estimate of drug-likeness (QED) is 0.681. The smallest absolute Gasteiger partial charge is 0.0249 e. The van der Waals surface area contributed by atoms with Crippen molar-refractivity contribution in [1.82, 2.24) is 10.2 Å². The van der Waals surface area contributed by atoms with Gasteiger partial charge in [0.1, 0.15) is 0 Å². The molecule has 0 spiro atoms. The molecule has 0 heterocycles. The first-order chi connectivity index (χ1) is 5.83. The van der Waals surface area contributed by atoms with Crippen LogP contribution in [0, 0.1) is 0 Å². The summed E-state index contributed by atoms with van der Waals surface area (Å²) in [6.45, 7) is 0. The van der Waals surface area contributed by atoms with Crippen LogP contribution >= 0.6 is 0 Å². The second-order valence-corrected chi connectivity index (χ2v) is 4.29. The van der Waals surface area contributed by atoms with Crippen LogP contribution < -0.4 is 5.32 Å². The molecule has 70 valence electrons. The lowest BCUT2D eigenvalue weighted by atomic mass is 10.1. The molecule has 12 heavy (non-hydrogen) atoms. The summed E-state index contributed by atoms with van der Waals surface area (Å²) in [5.74, 6) is 0. The molecule has 0 aromatic carbocycles. The highest BCUT2D eigenvalue weighted by atomic mass is 15.2. The molecule has 0 saturated heterocycles. The third-order valence-electron chi connectivity index (χ3n) is 3.50. The van der Waals surface area contributed by atoms with E-state index in [0.717, 1.165) is 18.1 Å². The molecule has 0 aromatic heterocycles. The van der Waals surface area contributed by atoms with Crippen LogP contribution in [0.25, 0.3) is 0 Å². The fraction of sp³-hybridized carbons (Fsp3) is 1.00. The zero-order chi connectivity index (χ0) is 8.55. The Labute approximate surface area is 75.3 Å². The molecule has 0 aliphatic heterocycles. The molecule has 0 amide bonds. The molecule has 0 radical (unpaired) electrons. The van der Waals surface area contributed by atoms with Gasteiger partial charge in [0, 0.05) is 18.1 Å². The number of rotatable bonds is 3. The minimum absolute atomic E-state index is 0.760. The molecular formula is C10H20N2. The number of hydrogen-bond acceptors (Lipinski definition) is 2. The maximum absolute atomic E-state index is 3.44. The van der Waals surface area contributed by atoms with Crippen LogP contribution in [-0.4, -0.2) is 37.1 Å². The average molecular weight is 168 g/mol. The fourth-order valence-corrected chi connectivity index (χ4v) is 2.52. The molecule has 2 saturated carbocycles. The van der Waals surface area contributed by atoms with Gasteiger partial charge in [-0.3, -0.25) is 4.90 Å². The van der Waals surface area contributed by atoms with Crippen molar-refractivity contribution in [3.8, 4) is 0 Å². The van der Waals surface area contributed by atoms with Crippen molar-refractivity contribution in [3.05, 3.63) is 0 Å². The van der Waals surface area contributed by atoms with Crippen molar-refractivity contribution in [2.45, 2.75) is 50.2 Å². The summed E-state index contributed by atoms with van der Waals surface area (Å²) in [5.41, 5.74) is 0. The number of likely N-dealkylation sites (N-methyl/N-ethyl adjacent to an activating group) is 2. The SMILES string of the molecule is CNC1CCCC1N(C)C1CC1. The predicted octanol–water partition coefficient (Wildman–Crippen LogP) is 1.22. The normalized spacial score (nSPS) is 36.2. The minimum atomic E-state index is 0.760. The summed E-state index contributed by atoms with van der Waals surface area (Å²) in [6, 6.07) is 2.50. The molecule has 0 aromatic rings. The van der Waals surface area contributed by atoms with Crippen molar-refractivity contribution in [2.24, 2.45) is 0 Å². The van der Waals surface area contributed by atoms with Crippen LogP contribution in [0.5, 0.6) is 0 Å². The van der Waals surface area contributed by atoms with Crippen molar-refractivity contribution in [3.63, 3.8) is 0 Å². The van der Waals surface area contributed by atoms with Crippen LogP contribution in [0.1, 0.15) is 32.1 Å². The molecule has 2 unspecified atom stereocenters. The van der Waals surface area contributed by atoms with Gasteiger partial charge < -0.3 is 5.32 Å². The zero-order valence-corrected chi connectivity index (χ0v) is 8.21. The van der Waals surface area contributed by atoms with Crippen LogP contribution in [0.3, 0.4) is 0 Å². The summed E-state index contributed by atoms with van der Waals surface area (Å²) in [7, 11) is 4.40. The van der Waals surface area contributed by atoms with E-state index in [-0.39, 0.29) is 0 Å². The standard InChI is InChI=1S/C10H20N2/c1-11-9-4-3-5-10(9)12(2)8-6-7-8/h8-11H,3-7H2,1-2H3.